The van der Waals surface area contributed by atoms with E-state index in [0.717, 1.165) is 22.1 Å². The van der Waals surface area contributed by atoms with Gasteiger partial charge in [0.1, 0.15) is 0 Å². The fourth-order valence-electron chi connectivity index (χ4n) is 3.41. The number of aryl methyl sites for hydroxylation is 1. The Morgan fingerprint density at radius 1 is 1.09 bits per heavy atom. The van der Waals surface area contributed by atoms with E-state index < -0.39 is 17.8 Å². The van der Waals surface area contributed by atoms with Gasteiger partial charge < -0.3 is 5.11 Å². The molecule has 0 saturated heterocycles. The van der Waals surface area contributed by atoms with Gasteiger partial charge in [-0.3, -0.25) is 4.79 Å². The summed E-state index contributed by atoms with van der Waals surface area (Å²) in [5.41, 5.74) is 2.08. The van der Waals surface area contributed by atoms with E-state index in [2.05, 4.69) is 5.10 Å². The summed E-state index contributed by atoms with van der Waals surface area (Å²) in [4.78, 5) is 12.4. The average Bonchev–Trinajstić information content (AvgIpc) is 3.35. The summed E-state index contributed by atoms with van der Waals surface area (Å²) in [5.74, 6) is -0.913. The zero-order valence-corrected chi connectivity index (χ0v) is 18.2. The predicted octanol–water partition coefficient (Wildman–Crippen LogP) is 6.88. The molecule has 0 radical (unpaired) electrons. The molecule has 9 heteroatoms. The molecule has 32 heavy (non-hydrogen) atoms. The first kappa shape index (κ1) is 22.1. The molecule has 0 atom stereocenters. The molecule has 164 valence electrons. The highest BCUT2D eigenvalue weighted by Gasteiger charge is 2.35. The molecule has 2 aromatic heterocycles. The monoisotopic (exact) mass is 476 g/mol. The number of benzene rings is 2. The van der Waals surface area contributed by atoms with Crippen molar-refractivity contribution < 1.29 is 23.1 Å². The van der Waals surface area contributed by atoms with Crippen molar-refractivity contribution in [1.82, 2.24) is 9.78 Å². The lowest BCUT2D eigenvalue weighted by Gasteiger charge is -2.08. The molecule has 0 saturated carbocycles. The second-order valence-corrected chi connectivity index (χ2v) is 8.65. The highest BCUT2D eigenvalue weighted by Crippen LogP contribution is 2.40. The van der Waals surface area contributed by atoms with E-state index in [4.69, 9.17) is 16.7 Å². The zero-order valence-electron chi connectivity index (χ0n) is 16.7. The van der Waals surface area contributed by atoms with Gasteiger partial charge in [0, 0.05) is 4.88 Å². The minimum atomic E-state index is -4.60. The fraction of sp³-hybridized carbons (Fsp3) is 0.130. The zero-order chi connectivity index (χ0) is 23.0. The molecule has 0 fully saturated rings. The van der Waals surface area contributed by atoms with Gasteiger partial charge in [0.2, 0.25) is 0 Å². The summed E-state index contributed by atoms with van der Waals surface area (Å²) in [6.45, 7) is 1.87. The van der Waals surface area contributed by atoms with Crippen LogP contribution in [0.15, 0.2) is 60.7 Å². The van der Waals surface area contributed by atoms with Gasteiger partial charge in [-0.15, -0.1) is 11.3 Å². The van der Waals surface area contributed by atoms with E-state index in [0.29, 0.717) is 16.1 Å². The van der Waals surface area contributed by atoms with Crippen molar-refractivity contribution >= 4 is 28.9 Å². The van der Waals surface area contributed by atoms with Crippen LogP contribution in [0, 0.1) is 6.92 Å². The summed E-state index contributed by atoms with van der Waals surface area (Å²) < 4.78 is 41.5. The van der Waals surface area contributed by atoms with Crippen LogP contribution in [0.3, 0.4) is 0 Å². The summed E-state index contributed by atoms with van der Waals surface area (Å²) in [5, 5.41) is 13.0. The second-order valence-electron chi connectivity index (χ2n) is 7.16. The van der Waals surface area contributed by atoms with Crippen molar-refractivity contribution in [3.8, 4) is 26.7 Å². The number of hydrogen-bond donors (Lipinski definition) is 1. The third-order valence-corrected chi connectivity index (χ3v) is 6.31. The molecular formula is C23H16ClF3N2O2S. The molecule has 0 spiro atoms. The van der Waals surface area contributed by atoms with Crippen molar-refractivity contribution in [2.75, 3.05) is 0 Å². The Kier molecular flexibility index (Phi) is 5.83. The van der Waals surface area contributed by atoms with Gasteiger partial charge in [0.15, 0.2) is 5.69 Å². The van der Waals surface area contributed by atoms with Crippen molar-refractivity contribution in [3.63, 3.8) is 0 Å². The Balaban J connectivity index is 1.78. The van der Waals surface area contributed by atoms with Crippen LogP contribution < -0.4 is 0 Å². The van der Waals surface area contributed by atoms with Gasteiger partial charge in [-0.25, -0.2) is 4.68 Å². The smallest absolute Gasteiger partial charge is 0.435 e. The Morgan fingerprint density at radius 2 is 1.81 bits per heavy atom. The first-order chi connectivity index (χ1) is 15.1. The minimum absolute atomic E-state index is 0.0753. The Morgan fingerprint density at radius 3 is 2.47 bits per heavy atom. The first-order valence-electron chi connectivity index (χ1n) is 9.47. The number of carboxylic acids is 1. The molecule has 0 aliphatic rings. The molecule has 0 aliphatic carbocycles. The molecule has 4 nitrogen and oxygen atoms in total. The summed E-state index contributed by atoms with van der Waals surface area (Å²) >= 11 is 7.56. The third kappa shape index (κ3) is 4.42. The van der Waals surface area contributed by atoms with Crippen LogP contribution in [0.4, 0.5) is 13.2 Å². The number of carboxylic acid groups (broad SMARTS) is 1. The van der Waals surface area contributed by atoms with Crippen molar-refractivity contribution in [2.24, 2.45) is 0 Å². The lowest BCUT2D eigenvalue weighted by Crippen LogP contribution is -2.07. The van der Waals surface area contributed by atoms with Crippen LogP contribution in [-0.4, -0.2) is 20.9 Å². The number of rotatable bonds is 5. The SMILES string of the molecule is Cc1cc(CC(=O)O)ccc1-c1ccc(-c2cc(C(F)(F)F)nn2-c2ccccc2Cl)s1. The Hall–Kier alpha value is -3.10. The Labute approximate surface area is 190 Å². The maximum Gasteiger partial charge on any atom is 0.435 e. The van der Waals surface area contributed by atoms with Crippen LogP contribution in [0.25, 0.3) is 26.7 Å². The number of aromatic nitrogens is 2. The van der Waals surface area contributed by atoms with E-state index in [1.54, 1.807) is 42.5 Å². The van der Waals surface area contributed by atoms with Gasteiger partial charge in [-0.1, -0.05) is 41.9 Å². The number of hydrogen-bond acceptors (Lipinski definition) is 3. The molecule has 2 aromatic carbocycles. The van der Waals surface area contributed by atoms with E-state index in [1.807, 2.05) is 19.1 Å². The van der Waals surface area contributed by atoms with Crippen LogP contribution >= 0.6 is 22.9 Å². The number of halogens is 4. The molecule has 4 rings (SSSR count). The first-order valence-corrected chi connectivity index (χ1v) is 10.7. The highest BCUT2D eigenvalue weighted by atomic mass is 35.5. The summed E-state index contributed by atoms with van der Waals surface area (Å²) in [6, 6.07) is 16.5. The number of aliphatic carboxylic acids is 1. The van der Waals surface area contributed by atoms with Gasteiger partial charge in [-0.2, -0.15) is 18.3 Å². The molecule has 0 bridgehead atoms. The van der Waals surface area contributed by atoms with Crippen LogP contribution in [0.5, 0.6) is 0 Å². The number of para-hydroxylation sites is 1. The van der Waals surface area contributed by atoms with Crippen molar-refractivity contribution in [3.05, 3.63) is 82.5 Å². The summed E-state index contributed by atoms with van der Waals surface area (Å²) in [6.07, 6.45) is -4.67. The topological polar surface area (TPSA) is 55.1 Å². The van der Waals surface area contributed by atoms with E-state index in [9.17, 15) is 18.0 Å². The molecule has 0 unspecified atom stereocenters. The summed E-state index contributed by atoms with van der Waals surface area (Å²) in [7, 11) is 0. The Bertz CT molecular complexity index is 1310. The standard InChI is InChI=1S/C23H16ClF3N2O2S/c1-13-10-14(11-22(30)31)6-7-15(13)19-8-9-20(32-19)18-12-21(23(25,26)27)28-29(18)17-5-3-2-4-16(17)24/h2-10,12H,11H2,1H3,(H,30,31). The van der Waals surface area contributed by atoms with Crippen LogP contribution in [0.2, 0.25) is 5.02 Å². The van der Waals surface area contributed by atoms with Crippen molar-refractivity contribution in [2.45, 2.75) is 19.5 Å². The van der Waals surface area contributed by atoms with Gasteiger partial charge in [0.05, 0.1) is 27.7 Å². The number of nitrogens with zero attached hydrogens (tertiary/aromatic N) is 2. The second kappa shape index (κ2) is 8.44. The van der Waals surface area contributed by atoms with E-state index >= 15 is 0 Å². The molecular weight excluding hydrogens is 461 g/mol. The molecule has 4 aromatic rings. The minimum Gasteiger partial charge on any atom is -0.481 e. The van der Waals surface area contributed by atoms with Crippen LogP contribution in [0.1, 0.15) is 16.8 Å². The fourth-order valence-corrected chi connectivity index (χ4v) is 4.72. The maximum absolute atomic E-state index is 13.4. The molecule has 2 heterocycles. The van der Waals surface area contributed by atoms with Gasteiger partial charge in [-0.05, 0) is 53.9 Å². The molecule has 0 aliphatic heterocycles. The van der Waals surface area contributed by atoms with Gasteiger partial charge in [0.25, 0.3) is 0 Å². The number of carbonyl (C=O) groups is 1. The predicted molar refractivity (Wildman–Crippen MR) is 118 cm³/mol. The largest absolute Gasteiger partial charge is 0.481 e. The van der Waals surface area contributed by atoms with E-state index in [-0.39, 0.29) is 17.1 Å². The quantitative estimate of drug-likeness (QED) is 0.342. The lowest BCUT2D eigenvalue weighted by atomic mass is 10.0. The molecule has 0 amide bonds. The molecule has 1 N–H and O–H groups in total. The number of thiophene rings is 1. The normalized spacial score (nSPS) is 11.7. The lowest BCUT2D eigenvalue weighted by molar-refractivity contribution is -0.141. The average molecular weight is 477 g/mol. The van der Waals surface area contributed by atoms with E-state index in [1.165, 1.54) is 16.0 Å². The maximum atomic E-state index is 13.4. The third-order valence-electron chi connectivity index (χ3n) is 4.85. The highest BCUT2D eigenvalue weighted by molar-refractivity contribution is 7.18. The van der Waals surface area contributed by atoms with Gasteiger partial charge >= 0.3 is 12.1 Å². The van der Waals surface area contributed by atoms with Crippen molar-refractivity contribution in [1.29, 1.82) is 0 Å². The number of alkyl halides is 3. The van der Waals surface area contributed by atoms with Crippen LogP contribution in [-0.2, 0) is 17.4 Å².